The van der Waals surface area contributed by atoms with Crippen molar-refractivity contribution in [2.45, 2.75) is 39.3 Å². The molecule has 2 heterocycles. The predicted molar refractivity (Wildman–Crippen MR) is 164 cm³/mol. The maximum absolute atomic E-state index is 11.9. The molecule has 0 amide bonds. The summed E-state index contributed by atoms with van der Waals surface area (Å²) >= 11 is 3.33. The van der Waals surface area contributed by atoms with Crippen LogP contribution in [0, 0.1) is 23.4 Å². The zero-order valence-electron chi connectivity index (χ0n) is 22.7. The lowest BCUT2D eigenvalue weighted by molar-refractivity contribution is 0.843. The first-order chi connectivity index (χ1) is 17.1. The van der Waals surface area contributed by atoms with Gasteiger partial charge in [-0.25, -0.2) is 9.97 Å². The van der Waals surface area contributed by atoms with Crippen LogP contribution in [0.5, 0.6) is 0 Å². The van der Waals surface area contributed by atoms with Crippen molar-refractivity contribution in [1.29, 1.82) is 0 Å². The van der Waals surface area contributed by atoms with Crippen LogP contribution in [-0.4, -0.2) is 35.2 Å². The van der Waals surface area contributed by atoms with Crippen molar-refractivity contribution in [3.8, 4) is 23.4 Å². The number of rotatable bonds is 0. The maximum Gasteiger partial charge on any atom is 0.260 e. The highest BCUT2D eigenvalue weighted by molar-refractivity contribution is 9.10. The molecule has 6 nitrogen and oxygen atoms in total. The lowest BCUT2D eigenvalue weighted by Gasteiger charge is -2.04. The average Bonchev–Trinajstić information content (AvgIpc) is 2.82. The number of nitrogens with zero attached hydrogens (tertiary/aromatic N) is 4. The Morgan fingerprint density at radius 2 is 1.24 bits per heavy atom. The third kappa shape index (κ3) is 9.29. The third-order valence-corrected chi connectivity index (χ3v) is 7.05. The van der Waals surface area contributed by atoms with E-state index < -0.39 is 16.1 Å². The summed E-state index contributed by atoms with van der Waals surface area (Å²) in [6.07, 6.45) is 8.18. The molecule has 2 aromatic heterocycles. The van der Waals surface area contributed by atoms with Crippen LogP contribution in [-0.2, 0) is 14.1 Å². The van der Waals surface area contributed by atoms with Crippen LogP contribution in [0.2, 0.25) is 39.3 Å². The Bertz CT molecular complexity index is 1640. The molecule has 0 N–H and O–H groups in total. The molecule has 0 unspecified atom stereocenters. The summed E-state index contributed by atoms with van der Waals surface area (Å²) in [4.78, 5) is 31.8. The highest BCUT2D eigenvalue weighted by atomic mass is 79.9. The minimum Gasteiger partial charge on any atom is -0.302 e. The van der Waals surface area contributed by atoms with E-state index in [-0.39, 0.29) is 11.1 Å². The summed E-state index contributed by atoms with van der Waals surface area (Å²) < 4.78 is 3.88. The lowest BCUT2D eigenvalue weighted by Crippen LogP contribution is -2.17. The minimum atomic E-state index is -1.37. The molecule has 0 bridgehead atoms. The second-order valence-electron chi connectivity index (χ2n) is 10.6. The molecule has 0 aliphatic carbocycles. The molecule has 4 aromatic rings. The van der Waals surface area contributed by atoms with Crippen molar-refractivity contribution in [3.63, 3.8) is 0 Å². The van der Waals surface area contributed by atoms with Gasteiger partial charge in [0.25, 0.3) is 11.1 Å². The van der Waals surface area contributed by atoms with Gasteiger partial charge in [0.1, 0.15) is 16.1 Å². The number of fused-ring (bicyclic) bond motifs is 2. The van der Waals surface area contributed by atoms with E-state index in [1.54, 1.807) is 32.6 Å². The van der Waals surface area contributed by atoms with Gasteiger partial charge in [-0.1, -0.05) is 61.1 Å². The molecular weight excluding hydrogens is 560 g/mol. The van der Waals surface area contributed by atoms with Crippen LogP contribution in [0.15, 0.2) is 63.1 Å². The number of hydrogen-bond acceptors (Lipinski definition) is 4. The fourth-order valence-electron chi connectivity index (χ4n) is 2.73. The number of aromatic nitrogens is 4. The Morgan fingerprint density at radius 3 is 1.70 bits per heavy atom. The topological polar surface area (TPSA) is 69.8 Å². The van der Waals surface area contributed by atoms with Crippen LogP contribution in [0.25, 0.3) is 21.8 Å². The minimum absolute atomic E-state index is 0.0162. The SMILES string of the molecule is C#C[Si](C)(C)C.Cn1cnc2cc(Br)ccc2c1=O.Cn1cnc2cc(C#C[Si](C)(C)C)ccc2c1=O. The maximum atomic E-state index is 11.9. The van der Waals surface area contributed by atoms with Crippen molar-refractivity contribution in [3.05, 3.63) is 79.8 Å². The summed E-state index contributed by atoms with van der Waals surface area (Å²) in [6.45, 7) is 13.0. The van der Waals surface area contributed by atoms with E-state index in [4.69, 9.17) is 6.42 Å². The molecule has 0 aliphatic heterocycles. The molecule has 4 rings (SSSR count). The van der Waals surface area contributed by atoms with Gasteiger partial charge in [0.15, 0.2) is 0 Å². The molecule has 0 aliphatic rings. The zero-order valence-corrected chi connectivity index (χ0v) is 26.3. The van der Waals surface area contributed by atoms with Gasteiger partial charge in [0.2, 0.25) is 0 Å². The number of terminal acetylenes is 1. The highest BCUT2D eigenvalue weighted by Crippen LogP contribution is 2.14. The molecule has 37 heavy (non-hydrogen) atoms. The summed E-state index contributed by atoms with van der Waals surface area (Å²) in [5, 5.41) is 1.28. The lowest BCUT2D eigenvalue weighted by atomic mass is 10.1. The van der Waals surface area contributed by atoms with Gasteiger partial charge < -0.3 is 9.13 Å². The largest absolute Gasteiger partial charge is 0.302 e. The molecule has 0 saturated carbocycles. The Morgan fingerprint density at radius 1 is 0.784 bits per heavy atom. The average molecular weight is 594 g/mol. The van der Waals surface area contributed by atoms with Crippen molar-refractivity contribution in [1.82, 2.24) is 19.1 Å². The van der Waals surface area contributed by atoms with Gasteiger partial charge in [-0.2, -0.15) is 0 Å². The van der Waals surface area contributed by atoms with Crippen molar-refractivity contribution < 1.29 is 0 Å². The van der Waals surface area contributed by atoms with Crippen LogP contribution in [0.1, 0.15) is 5.56 Å². The van der Waals surface area contributed by atoms with E-state index >= 15 is 0 Å². The van der Waals surface area contributed by atoms with E-state index in [2.05, 4.69) is 82.2 Å². The fourth-order valence-corrected chi connectivity index (χ4v) is 3.60. The molecule has 192 valence electrons. The third-order valence-electron chi connectivity index (χ3n) is 4.81. The standard InChI is InChI=1S/C14H16N2OSi.C9H7BrN2O.C5H10Si/c1-16-10-15-13-9-11(7-8-18(2,3)4)5-6-12(13)14(16)17;1-12-5-11-8-4-6(10)2-3-7(8)9(12)13;1-5-6(2,3)4/h5-6,9-10H,1-4H3;2-5H,1H3;1H,2-4H3. The number of halogens is 1. The Kier molecular flexibility index (Phi) is 9.99. The van der Waals surface area contributed by atoms with E-state index in [9.17, 15) is 9.59 Å². The highest BCUT2D eigenvalue weighted by Gasteiger charge is 2.08. The first kappa shape index (κ1) is 30.0. The van der Waals surface area contributed by atoms with Crippen molar-refractivity contribution >= 4 is 53.9 Å². The second-order valence-corrected chi connectivity index (χ2v) is 21.1. The molecule has 0 atom stereocenters. The van der Waals surface area contributed by atoms with Gasteiger partial charge in [-0.05, 0) is 36.4 Å². The molecule has 0 saturated heterocycles. The fraction of sp³-hybridized carbons (Fsp3) is 0.286. The summed E-state index contributed by atoms with van der Waals surface area (Å²) in [6, 6.07) is 11.0. The number of aryl methyl sites for hydroxylation is 2. The molecular formula is C28H33BrN4O2Si2. The Balaban J connectivity index is 0.000000221. The molecule has 0 spiro atoms. The van der Waals surface area contributed by atoms with Gasteiger partial charge in [0.05, 0.1) is 34.5 Å². The summed E-state index contributed by atoms with van der Waals surface area (Å²) in [5.74, 6) is 3.17. The van der Waals surface area contributed by atoms with Gasteiger partial charge >= 0.3 is 0 Å². The first-order valence-corrected chi connectivity index (χ1v) is 19.5. The molecule has 0 fully saturated rings. The molecule has 9 heteroatoms. The quantitative estimate of drug-likeness (QED) is 0.204. The van der Waals surface area contributed by atoms with Gasteiger partial charge in [-0.15, -0.1) is 17.5 Å². The first-order valence-electron chi connectivity index (χ1n) is 11.7. The summed E-state index contributed by atoms with van der Waals surface area (Å²) in [7, 11) is 0.915. The van der Waals surface area contributed by atoms with Crippen LogP contribution < -0.4 is 11.1 Å². The second kappa shape index (κ2) is 12.3. The Hall–Kier alpha value is -3.25. The van der Waals surface area contributed by atoms with E-state index in [1.165, 1.54) is 15.5 Å². The normalized spacial score (nSPS) is 10.8. The van der Waals surface area contributed by atoms with Crippen LogP contribution in [0.4, 0.5) is 0 Å². The number of hydrogen-bond donors (Lipinski definition) is 0. The number of benzene rings is 2. The smallest absolute Gasteiger partial charge is 0.260 e. The zero-order chi connectivity index (χ0) is 28.0. The van der Waals surface area contributed by atoms with Gasteiger partial charge in [0, 0.05) is 24.1 Å². The van der Waals surface area contributed by atoms with Crippen molar-refractivity contribution in [2.24, 2.45) is 14.1 Å². The van der Waals surface area contributed by atoms with E-state index in [0.717, 1.165) is 15.6 Å². The van der Waals surface area contributed by atoms with Crippen LogP contribution >= 0.6 is 15.9 Å². The van der Waals surface area contributed by atoms with E-state index in [0.29, 0.717) is 16.3 Å². The monoisotopic (exact) mass is 592 g/mol. The summed E-state index contributed by atoms with van der Waals surface area (Å²) in [5.41, 5.74) is 8.36. The van der Waals surface area contributed by atoms with Crippen LogP contribution in [0.3, 0.4) is 0 Å². The van der Waals surface area contributed by atoms with Gasteiger partial charge in [-0.3, -0.25) is 9.59 Å². The molecule has 0 radical (unpaired) electrons. The molecule has 2 aromatic carbocycles. The van der Waals surface area contributed by atoms with E-state index in [1.807, 2.05) is 24.3 Å². The van der Waals surface area contributed by atoms with Crippen molar-refractivity contribution in [2.75, 3.05) is 0 Å². The predicted octanol–water partition coefficient (Wildman–Crippen LogP) is 5.36. The Labute approximate surface area is 228 Å².